The number of aromatic nitrogens is 3. The molecule has 4 rings (SSSR count). The molecule has 9 heteroatoms. The van der Waals surface area contributed by atoms with Crippen LogP contribution in [0.25, 0.3) is 11.5 Å². The van der Waals surface area contributed by atoms with Gasteiger partial charge in [0, 0.05) is 13.1 Å². The number of alkyl halides is 3. The molecule has 3 aromatic rings. The van der Waals surface area contributed by atoms with Crippen LogP contribution in [0.15, 0.2) is 47.0 Å². The Morgan fingerprint density at radius 2 is 1.90 bits per heavy atom. The quantitative estimate of drug-likeness (QED) is 0.713. The molecule has 3 heterocycles. The van der Waals surface area contributed by atoms with Crippen LogP contribution in [0.3, 0.4) is 0 Å². The first-order valence-electron chi connectivity index (χ1n) is 9.16. The summed E-state index contributed by atoms with van der Waals surface area (Å²) >= 11 is 0. The van der Waals surface area contributed by atoms with E-state index in [0.717, 1.165) is 17.9 Å². The molecule has 1 fully saturated rings. The molecule has 0 atom stereocenters. The van der Waals surface area contributed by atoms with Crippen LogP contribution in [-0.2, 0) is 11.8 Å². The maximum Gasteiger partial charge on any atom is 0.416 e. The highest BCUT2D eigenvalue weighted by Crippen LogP contribution is 2.37. The molecule has 152 valence electrons. The Hall–Kier alpha value is -2.94. The maximum atomic E-state index is 13.0. The molecule has 1 saturated heterocycles. The summed E-state index contributed by atoms with van der Waals surface area (Å²) in [5.74, 6) is 1.73. The van der Waals surface area contributed by atoms with Gasteiger partial charge in [-0.2, -0.15) is 18.3 Å². The molecule has 1 aromatic carbocycles. The SMILES string of the molecule is Cc1ccc(-c2cnnc(N3CCC(O)(c4cccc(C(F)(F)F)c4)CC3)n2)o1. The summed E-state index contributed by atoms with van der Waals surface area (Å²) in [6.07, 6.45) is -2.44. The predicted octanol–water partition coefficient (Wildman–Crippen LogP) is 3.95. The molecule has 1 aliphatic rings. The molecule has 0 radical (unpaired) electrons. The molecular weight excluding hydrogens is 385 g/mol. The van der Waals surface area contributed by atoms with Gasteiger partial charge in [0.2, 0.25) is 5.95 Å². The Balaban J connectivity index is 1.51. The summed E-state index contributed by atoms with van der Waals surface area (Å²) in [4.78, 5) is 6.33. The van der Waals surface area contributed by atoms with Crippen molar-refractivity contribution in [1.82, 2.24) is 15.2 Å². The van der Waals surface area contributed by atoms with E-state index >= 15 is 0 Å². The molecule has 6 nitrogen and oxygen atoms in total. The highest BCUT2D eigenvalue weighted by molar-refractivity contribution is 5.52. The minimum absolute atomic E-state index is 0.252. The summed E-state index contributed by atoms with van der Waals surface area (Å²) in [6, 6.07) is 8.50. The van der Waals surface area contributed by atoms with Crippen molar-refractivity contribution < 1.29 is 22.7 Å². The van der Waals surface area contributed by atoms with Gasteiger partial charge in [0.1, 0.15) is 11.5 Å². The molecule has 1 N–H and O–H groups in total. The second-order valence-corrected chi connectivity index (χ2v) is 7.15. The van der Waals surface area contributed by atoms with Crippen LogP contribution in [0.4, 0.5) is 19.1 Å². The van der Waals surface area contributed by atoms with Gasteiger partial charge < -0.3 is 14.4 Å². The van der Waals surface area contributed by atoms with Gasteiger partial charge in [-0.1, -0.05) is 12.1 Å². The van der Waals surface area contributed by atoms with Crippen LogP contribution in [0.5, 0.6) is 0 Å². The number of nitrogens with zero attached hydrogens (tertiary/aromatic N) is 4. The van der Waals surface area contributed by atoms with E-state index in [1.165, 1.54) is 18.3 Å². The number of halogens is 3. The number of rotatable bonds is 3. The first-order chi connectivity index (χ1) is 13.7. The van der Waals surface area contributed by atoms with Gasteiger partial charge >= 0.3 is 6.18 Å². The van der Waals surface area contributed by atoms with Gasteiger partial charge in [0.05, 0.1) is 17.4 Å². The van der Waals surface area contributed by atoms with Gasteiger partial charge in [0.15, 0.2) is 5.76 Å². The fourth-order valence-electron chi connectivity index (χ4n) is 3.47. The topological polar surface area (TPSA) is 75.3 Å². The Kier molecular flexibility index (Phi) is 4.77. The van der Waals surface area contributed by atoms with Crippen molar-refractivity contribution in [2.45, 2.75) is 31.5 Å². The van der Waals surface area contributed by atoms with Crippen LogP contribution in [0.2, 0.25) is 0 Å². The van der Waals surface area contributed by atoms with Gasteiger partial charge in [-0.05, 0) is 49.6 Å². The van der Waals surface area contributed by atoms with Gasteiger partial charge in [-0.15, -0.1) is 5.10 Å². The number of piperidine rings is 1. The second kappa shape index (κ2) is 7.14. The summed E-state index contributed by atoms with van der Waals surface area (Å²) in [5, 5.41) is 19.0. The van der Waals surface area contributed by atoms with E-state index in [2.05, 4.69) is 15.2 Å². The van der Waals surface area contributed by atoms with Crippen molar-refractivity contribution in [2.75, 3.05) is 18.0 Å². The zero-order valence-corrected chi connectivity index (χ0v) is 15.6. The summed E-state index contributed by atoms with van der Waals surface area (Å²) in [7, 11) is 0. The predicted molar refractivity (Wildman–Crippen MR) is 99.1 cm³/mol. The number of benzene rings is 1. The molecule has 0 unspecified atom stereocenters. The minimum Gasteiger partial charge on any atom is -0.460 e. The van der Waals surface area contributed by atoms with Crippen LogP contribution in [-0.4, -0.2) is 33.4 Å². The third-order valence-electron chi connectivity index (χ3n) is 5.14. The molecule has 0 bridgehead atoms. The Labute approximate surface area is 165 Å². The second-order valence-electron chi connectivity index (χ2n) is 7.15. The van der Waals surface area contributed by atoms with Crippen molar-refractivity contribution in [3.63, 3.8) is 0 Å². The molecular formula is C20H19F3N4O2. The normalized spacial score (nSPS) is 16.8. The van der Waals surface area contributed by atoms with E-state index in [4.69, 9.17) is 4.42 Å². The van der Waals surface area contributed by atoms with Gasteiger partial charge in [0.25, 0.3) is 0 Å². The molecule has 29 heavy (non-hydrogen) atoms. The van der Waals surface area contributed by atoms with E-state index in [1.54, 1.807) is 6.07 Å². The highest BCUT2D eigenvalue weighted by Gasteiger charge is 2.37. The zero-order valence-electron chi connectivity index (χ0n) is 15.6. The fraction of sp³-hybridized carbons (Fsp3) is 0.350. The number of aryl methyl sites for hydroxylation is 1. The Bertz CT molecular complexity index is 1010. The number of furan rings is 1. The number of aliphatic hydroxyl groups is 1. The maximum absolute atomic E-state index is 13.0. The first kappa shape index (κ1) is 19.4. The fourth-order valence-corrected chi connectivity index (χ4v) is 3.47. The minimum atomic E-state index is -4.45. The van der Waals surface area contributed by atoms with E-state index < -0.39 is 17.3 Å². The molecule has 1 aliphatic heterocycles. The number of anilines is 1. The van der Waals surface area contributed by atoms with Crippen molar-refractivity contribution in [2.24, 2.45) is 0 Å². The average Bonchev–Trinajstić information content (AvgIpc) is 3.15. The number of hydrogen-bond donors (Lipinski definition) is 1. The molecule has 0 aliphatic carbocycles. The van der Waals surface area contributed by atoms with Crippen LogP contribution >= 0.6 is 0 Å². The Morgan fingerprint density at radius 1 is 1.14 bits per heavy atom. The Morgan fingerprint density at radius 3 is 2.55 bits per heavy atom. The van der Waals surface area contributed by atoms with E-state index in [9.17, 15) is 18.3 Å². The average molecular weight is 404 g/mol. The molecule has 0 amide bonds. The van der Waals surface area contributed by atoms with Crippen molar-refractivity contribution in [3.05, 3.63) is 59.5 Å². The van der Waals surface area contributed by atoms with Crippen molar-refractivity contribution in [3.8, 4) is 11.5 Å². The standard InChI is InChI=1S/C20H19F3N4O2/c1-13-5-6-17(29-13)16-12-24-26-18(25-16)27-9-7-19(28,8-10-27)14-3-2-4-15(11-14)20(21,22)23/h2-6,11-12,28H,7-10H2,1H3. The smallest absolute Gasteiger partial charge is 0.416 e. The first-order valence-corrected chi connectivity index (χ1v) is 9.16. The number of hydrogen-bond acceptors (Lipinski definition) is 6. The van der Waals surface area contributed by atoms with E-state index in [-0.39, 0.29) is 18.4 Å². The van der Waals surface area contributed by atoms with Crippen LogP contribution < -0.4 is 4.90 Å². The summed E-state index contributed by atoms with van der Waals surface area (Å²) < 4.78 is 44.6. The van der Waals surface area contributed by atoms with Crippen LogP contribution in [0.1, 0.15) is 29.7 Å². The largest absolute Gasteiger partial charge is 0.460 e. The van der Waals surface area contributed by atoms with Gasteiger partial charge in [-0.25, -0.2) is 4.98 Å². The lowest BCUT2D eigenvalue weighted by Gasteiger charge is -2.38. The van der Waals surface area contributed by atoms with Crippen molar-refractivity contribution in [1.29, 1.82) is 0 Å². The summed E-state index contributed by atoms with van der Waals surface area (Å²) in [6.45, 7) is 2.60. The van der Waals surface area contributed by atoms with E-state index in [1.807, 2.05) is 17.9 Å². The van der Waals surface area contributed by atoms with Gasteiger partial charge in [-0.3, -0.25) is 0 Å². The molecule has 0 spiro atoms. The molecule has 0 saturated carbocycles. The lowest BCUT2D eigenvalue weighted by atomic mass is 9.84. The lowest BCUT2D eigenvalue weighted by Crippen LogP contribution is -2.43. The van der Waals surface area contributed by atoms with Crippen molar-refractivity contribution >= 4 is 5.95 Å². The molecule has 2 aromatic heterocycles. The third-order valence-corrected chi connectivity index (χ3v) is 5.14. The summed E-state index contributed by atoms with van der Waals surface area (Å²) in [5.41, 5.74) is -1.28. The highest BCUT2D eigenvalue weighted by atomic mass is 19.4. The monoisotopic (exact) mass is 404 g/mol. The lowest BCUT2D eigenvalue weighted by molar-refractivity contribution is -0.137. The third kappa shape index (κ3) is 3.95. The van der Waals surface area contributed by atoms with Crippen LogP contribution in [0, 0.1) is 6.92 Å². The zero-order chi connectivity index (χ0) is 20.6. The van der Waals surface area contributed by atoms with E-state index in [0.29, 0.717) is 30.5 Å².